The maximum atomic E-state index is 14.1. The van der Waals surface area contributed by atoms with Crippen molar-refractivity contribution in [2.75, 3.05) is 39.3 Å². The zero-order valence-corrected chi connectivity index (χ0v) is 35.1. The van der Waals surface area contributed by atoms with E-state index >= 15 is 0 Å². The van der Waals surface area contributed by atoms with Gasteiger partial charge in [0.05, 0.1) is 12.6 Å². The average Bonchev–Trinajstić information content (AvgIpc) is 3.22. The van der Waals surface area contributed by atoms with Crippen molar-refractivity contribution in [1.29, 1.82) is 0 Å². The Bertz CT molecular complexity index is 1840. The minimum atomic E-state index is -1.40. The van der Waals surface area contributed by atoms with Gasteiger partial charge in [-0.1, -0.05) is 44.0 Å². The Labute approximate surface area is 355 Å². The number of nitrogens with one attached hydrogen (secondary N) is 5. The number of aliphatic carboxylic acids is 2. The molecule has 9 N–H and O–H groups in total. The Morgan fingerprint density at radius 2 is 1.44 bits per heavy atom. The zero-order valence-electron chi connectivity index (χ0n) is 35.1. The van der Waals surface area contributed by atoms with Crippen molar-refractivity contribution < 1.29 is 53.4 Å². The molecule has 0 unspecified atom stereocenters. The average molecular weight is 852 g/mol. The monoisotopic (exact) mass is 851 g/mol. The molecule has 0 aliphatic carbocycles. The summed E-state index contributed by atoms with van der Waals surface area (Å²) in [5, 5.41) is 33.8. The maximum Gasteiger partial charge on any atom is 0.326 e. The van der Waals surface area contributed by atoms with Crippen molar-refractivity contribution in [2.24, 2.45) is 11.7 Å². The zero-order chi connectivity index (χ0) is 44.9. The Morgan fingerprint density at radius 3 is 2.07 bits per heavy atom. The van der Waals surface area contributed by atoms with Gasteiger partial charge in [-0.3, -0.25) is 43.3 Å². The summed E-state index contributed by atoms with van der Waals surface area (Å²) in [6.07, 6.45) is 2.54. The first-order valence-corrected chi connectivity index (χ1v) is 21.0. The molecule has 0 radical (unpaired) electrons. The molecule has 1 aliphatic heterocycles. The minimum Gasteiger partial charge on any atom is -0.481 e. The maximum absolute atomic E-state index is 14.1. The van der Waals surface area contributed by atoms with Crippen molar-refractivity contribution in [2.45, 2.75) is 109 Å². The molecule has 4 atom stereocenters. The lowest BCUT2D eigenvalue weighted by Gasteiger charge is -2.29. The number of carboxylic acid groups (broad SMARTS) is 2. The van der Waals surface area contributed by atoms with Gasteiger partial charge in [-0.05, 0) is 69.1 Å². The highest BCUT2D eigenvalue weighted by molar-refractivity contribution is 6.25. The van der Waals surface area contributed by atoms with Crippen LogP contribution < -0.4 is 32.3 Å². The number of carbonyl (C=O) groups excluding carboxylic acids is 7. The van der Waals surface area contributed by atoms with Gasteiger partial charge in [0, 0.05) is 80.7 Å². The molecule has 0 spiro atoms. The summed E-state index contributed by atoms with van der Waals surface area (Å²) in [6.45, 7) is 4.06. The van der Waals surface area contributed by atoms with E-state index in [4.69, 9.17) is 10.8 Å². The summed E-state index contributed by atoms with van der Waals surface area (Å²) in [5.41, 5.74) is 6.88. The first-order chi connectivity index (χ1) is 29.1. The summed E-state index contributed by atoms with van der Waals surface area (Å²) < 4.78 is 0. The van der Waals surface area contributed by atoms with E-state index < -0.39 is 53.6 Å². The molecule has 0 fully saturated rings. The van der Waals surface area contributed by atoms with Gasteiger partial charge in [-0.25, -0.2) is 4.79 Å². The number of imide groups is 1. The molecule has 2 aromatic rings. The number of rotatable bonds is 31. The first-order valence-electron chi connectivity index (χ1n) is 21.0. The SMILES string of the molecule is CCCC[C@H](N)CNCC[C@H](NCCCC(=O)CNC(C)=O)C(=O)C[C@H](CCN1C(=O)c2cccc3cccc(c23)C1=O)C(=O)NCC[C@@H](NC(=O)CCCC(=O)O)C(=O)O. The van der Waals surface area contributed by atoms with Crippen LogP contribution in [0.4, 0.5) is 0 Å². The van der Waals surface area contributed by atoms with E-state index in [-0.39, 0.29) is 94.6 Å². The topological polar surface area (TPSA) is 284 Å². The fraction of sp³-hybridized carbons (Fsp3) is 0.558. The second-order valence-corrected chi connectivity index (χ2v) is 15.4. The Kier molecular flexibility index (Phi) is 21.1. The number of Topliss-reactive ketones (excluding diaryl/α,β-unsaturated/α-hetero) is 2. The van der Waals surface area contributed by atoms with Crippen molar-refractivity contribution in [3.8, 4) is 0 Å². The number of carbonyl (C=O) groups is 9. The molecule has 0 aromatic heterocycles. The molecule has 1 heterocycles. The van der Waals surface area contributed by atoms with E-state index in [1.807, 2.05) is 0 Å². The number of ketones is 2. The van der Waals surface area contributed by atoms with Crippen LogP contribution in [0.5, 0.6) is 0 Å². The Balaban J connectivity index is 1.77. The van der Waals surface area contributed by atoms with E-state index in [1.54, 1.807) is 36.4 Å². The fourth-order valence-corrected chi connectivity index (χ4v) is 7.04. The highest BCUT2D eigenvalue weighted by Crippen LogP contribution is 2.30. The van der Waals surface area contributed by atoms with Gasteiger partial charge < -0.3 is 42.5 Å². The van der Waals surface area contributed by atoms with Gasteiger partial charge in [0.1, 0.15) is 6.04 Å². The third-order valence-electron chi connectivity index (χ3n) is 10.4. The van der Waals surface area contributed by atoms with E-state index in [2.05, 4.69) is 33.5 Å². The predicted octanol–water partition coefficient (Wildman–Crippen LogP) is 1.67. The van der Waals surface area contributed by atoms with Crippen LogP contribution in [0.1, 0.15) is 112 Å². The van der Waals surface area contributed by atoms with Gasteiger partial charge in [-0.2, -0.15) is 0 Å². The molecule has 5 amide bonds. The molecule has 3 rings (SSSR count). The third kappa shape index (κ3) is 16.8. The number of hydrogen-bond acceptors (Lipinski definition) is 12. The van der Waals surface area contributed by atoms with Crippen LogP contribution >= 0.6 is 0 Å². The van der Waals surface area contributed by atoms with Gasteiger partial charge in [0.25, 0.3) is 11.8 Å². The lowest BCUT2D eigenvalue weighted by atomic mass is 9.91. The van der Waals surface area contributed by atoms with Crippen LogP contribution in [0.3, 0.4) is 0 Å². The van der Waals surface area contributed by atoms with Crippen LogP contribution in [0.25, 0.3) is 10.8 Å². The number of nitrogens with two attached hydrogens (primary N) is 1. The van der Waals surface area contributed by atoms with Crippen molar-refractivity contribution in [1.82, 2.24) is 31.5 Å². The summed E-state index contributed by atoms with van der Waals surface area (Å²) in [7, 11) is 0. The summed E-state index contributed by atoms with van der Waals surface area (Å²) >= 11 is 0. The highest BCUT2D eigenvalue weighted by atomic mass is 16.4. The molecular weight excluding hydrogens is 791 g/mol. The number of carboxylic acids is 2. The molecule has 0 bridgehead atoms. The van der Waals surface area contributed by atoms with E-state index in [0.717, 1.165) is 29.5 Å². The summed E-state index contributed by atoms with van der Waals surface area (Å²) in [5.74, 6) is -6.76. The van der Waals surface area contributed by atoms with E-state index in [0.29, 0.717) is 42.4 Å². The van der Waals surface area contributed by atoms with Gasteiger partial charge in [0.2, 0.25) is 17.7 Å². The van der Waals surface area contributed by atoms with Crippen LogP contribution in [0, 0.1) is 5.92 Å². The van der Waals surface area contributed by atoms with Crippen LogP contribution in [0.15, 0.2) is 36.4 Å². The number of nitrogens with zero attached hydrogens (tertiary/aromatic N) is 1. The summed E-state index contributed by atoms with van der Waals surface area (Å²) in [4.78, 5) is 115. The van der Waals surface area contributed by atoms with Gasteiger partial charge in [-0.15, -0.1) is 0 Å². The molecule has 2 aromatic carbocycles. The number of unbranched alkanes of at least 4 members (excludes halogenated alkanes) is 1. The first kappa shape index (κ1) is 49.8. The normalized spacial score (nSPS) is 14.2. The minimum absolute atomic E-state index is 0.0117. The predicted molar refractivity (Wildman–Crippen MR) is 225 cm³/mol. The Hall–Kier alpha value is -5.59. The smallest absolute Gasteiger partial charge is 0.326 e. The molecule has 61 heavy (non-hydrogen) atoms. The van der Waals surface area contributed by atoms with Crippen LogP contribution in [0.2, 0.25) is 0 Å². The highest BCUT2D eigenvalue weighted by Gasteiger charge is 2.35. The van der Waals surface area contributed by atoms with Crippen LogP contribution in [-0.4, -0.2) is 126 Å². The second kappa shape index (κ2) is 25.9. The van der Waals surface area contributed by atoms with Crippen molar-refractivity contribution in [3.63, 3.8) is 0 Å². The molecule has 0 saturated carbocycles. The molecule has 18 nitrogen and oxygen atoms in total. The Morgan fingerprint density at radius 1 is 0.770 bits per heavy atom. The quantitative estimate of drug-likeness (QED) is 0.0396. The molecular formula is C43H61N7O11. The lowest BCUT2D eigenvalue weighted by Crippen LogP contribution is -2.46. The van der Waals surface area contributed by atoms with E-state index in [9.17, 15) is 48.3 Å². The molecule has 1 aliphatic rings. The standard InChI is InChI=1S/C43H61N7O11/c1-3-4-11-30(44)25-45-21-17-34(46-20-8-12-31(52)26-48-27(2)51)36(53)24-29(40(57)47-22-18-35(43(60)61)49-37(54)15-7-16-38(55)56)19-23-50-41(58)32-13-5-9-28-10-6-14-33(39(28)32)42(50)59/h5-6,9-10,13-14,29-30,34-35,45-46H,3-4,7-8,11-12,15-26,44H2,1-2H3,(H,47,57)(H,48,51)(H,49,54)(H,55,56)(H,60,61)/t29-,30-,34-,35+/m0/s1. The van der Waals surface area contributed by atoms with Gasteiger partial charge >= 0.3 is 11.9 Å². The second-order valence-electron chi connectivity index (χ2n) is 15.4. The number of hydrogen-bond donors (Lipinski definition) is 8. The third-order valence-corrected chi connectivity index (χ3v) is 10.4. The van der Waals surface area contributed by atoms with E-state index in [1.165, 1.54) is 6.92 Å². The lowest BCUT2D eigenvalue weighted by molar-refractivity contribution is -0.142. The molecule has 18 heteroatoms. The molecule has 334 valence electrons. The largest absolute Gasteiger partial charge is 0.481 e. The van der Waals surface area contributed by atoms with Gasteiger partial charge in [0.15, 0.2) is 11.6 Å². The fourth-order valence-electron chi connectivity index (χ4n) is 7.04. The number of benzene rings is 2. The molecule has 0 saturated heterocycles. The van der Waals surface area contributed by atoms with Crippen molar-refractivity contribution in [3.05, 3.63) is 47.5 Å². The van der Waals surface area contributed by atoms with Crippen LogP contribution in [-0.2, 0) is 33.6 Å². The number of amides is 5. The van der Waals surface area contributed by atoms with Crippen molar-refractivity contribution >= 4 is 63.8 Å². The summed E-state index contributed by atoms with van der Waals surface area (Å²) in [6, 6.07) is 8.04.